The maximum absolute atomic E-state index is 5.10. The molecular weight excluding hydrogens is 204 g/mol. The van der Waals surface area contributed by atoms with Gasteiger partial charge in [-0.05, 0) is 13.8 Å². The normalized spacial score (nSPS) is 10.9. The number of hydrogen-bond acceptors (Lipinski definition) is 4. The van der Waals surface area contributed by atoms with Crippen LogP contribution in [0.5, 0.6) is 0 Å². The molecule has 0 aliphatic carbocycles. The zero-order chi connectivity index (χ0) is 11.5. The van der Waals surface area contributed by atoms with E-state index in [1.54, 1.807) is 6.33 Å². The summed E-state index contributed by atoms with van der Waals surface area (Å²) in [6.45, 7) is 5.45. The predicted molar refractivity (Wildman–Crippen MR) is 59.7 cm³/mol. The Kier molecular flexibility index (Phi) is 3.05. The van der Waals surface area contributed by atoms with E-state index in [0.29, 0.717) is 0 Å². The van der Waals surface area contributed by atoms with Crippen molar-refractivity contribution in [2.24, 2.45) is 7.05 Å². The van der Waals surface area contributed by atoms with Gasteiger partial charge in [0.1, 0.15) is 5.76 Å². The van der Waals surface area contributed by atoms with Crippen LogP contribution >= 0.6 is 0 Å². The van der Waals surface area contributed by atoms with Crippen LogP contribution in [0.3, 0.4) is 0 Å². The van der Waals surface area contributed by atoms with E-state index in [2.05, 4.69) is 15.5 Å². The molecule has 5 nitrogen and oxygen atoms in total. The van der Waals surface area contributed by atoms with E-state index in [-0.39, 0.29) is 0 Å². The summed E-state index contributed by atoms with van der Waals surface area (Å²) >= 11 is 0. The second-order valence-electron chi connectivity index (χ2n) is 3.90. The largest absolute Gasteiger partial charge is 0.361 e. The molecule has 0 aliphatic rings. The van der Waals surface area contributed by atoms with Gasteiger partial charge in [-0.15, -0.1) is 0 Å². The van der Waals surface area contributed by atoms with Crippen molar-refractivity contribution in [2.45, 2.75) is 26.9 Å². The molecule has 86 valence electrons. The van der Waals surface area contributed by atoms with Crippen LogP contribution in [0, 0.1) is 13.8 Å². The summed E-state index contributed by atoms with van der Waals surface area (Å²) in [6, 6.07) is 0. The van der Waals surface area contributed by atoms with Crippen molar-refractivity contribution >= 4 is 0 Å². The standard InChI is InChI=1S/C11H16N4O/c1-8-11(9(2)16-14-8)6-12-4-10-5-13-7-15(10)3/h5,7,12H,4,6H2,1-3H3. The zero-order valence-electron chi connectivity index (χ0n) is 9.82. The van der Waals surface area contributed by atoms with E-state index in [0.717, 1.165) is 35.8 Å². The number of nitrogens with zero attached hydrogens (tertiary/aromatic N) is 3. The summed E-state index contributed by atoms with van der Waals surface area (Å²) < 4.78 is 7.10. The number of nitrogens with one attached hydrogen (secondary N) is 1. The molecule has 0 unspecified atom stereocenters. The molecule has 0 bridgehead atoms. The first-order valence-corrected chi connectivity index (χ1v) is 5.26. The summed E-state index contributed by atoms with van der Waals surface area (Å²) in [5.74, 6) is 0.884. The molecule has 0 aromatic carbocycles. The Labute approximate surface area is 94.5 Å². The highest BCUT2D eigenvalue weighted by Gasteiger charge is 2.08. The Morgan fingerprint density at radius 2 is 2.19 bits per heavy atom. The molecule has 5 heteroatoms. The third-order valence-corrected chi connectivity index (χ3v) is 2.71. The summed E-state index contributed by atoms with van der Waals surface area (Å²) in [6.07, 6.45) is 3.66. The van der Waals surface area contributed by atoms with Gasteiger partial charge in [-0.3, -0.25) is 0 Å². The van der Waals surface area contributed by atoms with Crippen molar-refractivity contribution in [3.05, 3.63) is 35.2 Å². The summed E-state index contributed by atoms with van der Waals surface area (Å²) in [5.41, 5.74) is 3.25. The van der Waals surface area contributed by atoms with Crippen LogP contribution < -0.4 is 5.32 Å². The number of aromatic nitrogens is 3. The Hall–Kier alpha value is -1.62. The molecular formula is C11H16N4O. The third kappa shape index (κ3) is 2.14. The van der Waals surface area contributed by atoms with Crippen LogP contribution in [0.2, 0.25) is 0 Å². The maximum Gasteiger partial charge on any atom is 0.138 e. The Morgan fingerprint density at radius 3 is 2.75 bits per heavy atom. The van der Waals surface area contributed by atoms with Crippen LogP contribution in [0.25, 0.3) is 0 Å². The van der Waals surface area contributed by atoms with Crippen LogP contribution in [-0.2, 0) is 20.1 Å². The van der Waals surface area contributed by atoms with E-state index >= 15 is 0 Å². The Balaban J connectivity index is 1.92. The van der Waals surface area contributed by atoms with Crippen LogP contribution in [0.15, 0.2) is 17.0 Å². The fourth-order valence-electron chi connectivity index (χ4n) is 1.62. The predicted octanol–water partition coefficient (Wildman–Crippen LogP) is 1.31. The van der Waals surface area contributed by atoms with E-state index < -0.39 is 0 Å². The van der Waals surface area contributed by atoms with Crippen molar-refractivity contribution in [1.82, 2.24) is 20.0 Å². The highest BCUT2D eigenvalue weighted by atomic mass is 16.5. The minimum Gasteiger partial charge on any atom is -0.361 e. The molecule has 2 heterocycles. The molecule has 0 saturated carbocycles. The molecule has 0 aliphatic heterocycles. The monoisotopic (exact) mass is 220 g/mol. The van der Waals surface area contributed by atoms with E-state index in [4.69, 9.17) is 4.52 Å². The molecule has 2 aromatic heterocycles. The first kappa shape index (κ1) is 10.9. The molecule has 0 spiro atoms. The van der Waals surface area contributed by atoms with Gasteiger partial charge in [-0.1, -0.05) is 5.16 Å². The zero-order valence-corrected chi connectivity index (χ0v) is 9.82. The Morgan fingerprint density at radius 1 is 1.38 bits per heavy atom. The topological polar surface area (TPSA) is 55.9 Å². The van der Waals surface area contributed by atoms with Crippen molar-refractivity contribution < 1.29 is 4.52 Å². The number of rotatable bonds is 4. The first-order chi connectivity index (χ1) is 7.68. The lowest BCUT2D eigenvalue weighted by atomic mass is 10.2. The van der Waals surface area contributed by atoms with E-state index in [1.165, 1.54) is 0 Å². The number of hydrogen-bond donors (Lipinski definition) is 1. The number of imidazole rings is 1. The summed E-state index contributed by atoms with van der Waals surface area (Å²) in [5, 5.41) is 7.27. The lowest BCUT2D eigenvalue weighted by Gasteiger charge is -2.04. The van der Waals surface area contributed by atoms with Crippen molar-refractivity contribution in [3.8, 4) is 0 Å². The van der Waals surface area contributed by atoms with Gasteiger partial charge in [0.25, 0.3) is 0 Å². The summed E-state index contributed by atoms with van der Waals surface area (Å²) in [7, 11) is 1.99. The molecule has 16 heavy (non-hydrogen) atoms. The maximum atomic E-state index is 5.10. The molecule has 0 fully saturated rings. The highest BCUT2D eigenvalue weighted by Crippen LogP contribution is 2.11. The quantitative estimate of drug-likeness (QED) is 0.844. The van der Waals surface area contributed by atoms with Gasteiger partial charge in [-0.2, -0.15) is 0 Å². The van der Waals surface area contributed by atoms with E-state index in [9.17, 15) is 0 Å². The van der Waals surface area contributed by atoms with Crippen molar-refractivity contribution in [3.63, 3.8) is 0 Å². The lowest BCUT2D eigenvalue weighted by molar-refractivity contribution is 0.392. The second-order valence-corrected chi connectivity index (χ2v) is 3.90. The van der Waals surface area contributed by atoms with E-state index in [1.807, 2.05) is 31.7 Å². The Bertz CT molecular complexity index is 453. The molecule has 0 saturated heterocycles. The third-order valence-electron chi connectivity index (χ3n) is 2.71. The van der Waals surface area contributed by atoms with Gasteiger partial charge in [0.2, 0.25) is 0 Å². The van der Waals surface area contributed by atoms with Gasteiger partial charge < -0.3 is 14.4 Å². The molecule has 0 amide bonds. The molecule has 2 aromatic rings. The molecule has 0 radical (unpaired) electrons. The fraction of sp³-hybridized carbons (Fsp3) is 0.455. The highest BCUT2D eigenvalue weighted by molar-refractivity contribution is 5.20. The van der Waals surface area contributed by atoms with Gasteiger partial charge in [-0.25, -0.2) is 4.98 Å². The minimum atomic E-state index is 0.770. The smallest absolute Gasteiger partial charge is 0.138 e. The molecule has 1 N–H and O–H groups in total. The van der Waals surface area contributed by atoms with Crippen LogP contribution in [0.4, 0.5) is 0 Å². The van der Waals surface area contributed by atoms with Crippen LogP contribution in [0.1, 0.15) is 22.7 Å². The first-order valence-electron chi connectivity index (χ1n) is 5.26. The average Bonchev–Trinajstić information content (AvgIpc) is 2.79. The van der Waals surface area contributed by atoms with Crippen molar-refractivity contribution in [2.75, 3.05) is 0 Å². The van der Waals surface area contributed by atoms with Crippen molar-refractivity contribution in [1.29, 1.82) is 0 Å². The van der Waals surface area contributed by atoms with Gasteiger partial charge in [0.05, 0.1) is 17.7 Å². The fourth-order valence-corrected chi connectivity index (χ4v) is 1.62. The van der Waals surface area contributed by atoms with Gasteiger partial charge in [0.15, 0.2) is 0 Å². The average molecular weight is 220 g/mol. The molecule has 2 rings (SSSR count). The second kappa shape index (κ2) is 4.49. The lowest BCUT2D eigenvalue weighted by Crippen LogP contribution is -2.15. The minimum absolute atomic E-state index is 0.770. The SMILES string of the molecule is Cc1noc(C)c1CNCc1cncn1C. The molecule has 0 atom stereocenters. The summed E-state index contributed by atoms with van der Waals surface area (Å²) in [4.78, 5) is 4.06. The van der Waals surface area contributed by atoms with Gasteiger partial charge >= 0.3 is 0 Å². The van der Waals surface area contributed by atoms with Gasteiger partial charge in [0, 0.05) is 31.9 Å². The van der Waals surface area contributed by atoms with Crippen LogP contribution in [-0.4, -0.2) is 14.7 Å². The number of aryl methyl sites for hydroxylation is 3.